The van der Waals surface area contributed by atoms with E-state index in [0.29, 0.717) is 36.5 Å². The number of nitrogens with two attached hydrogens (primary N) is 2. The molecule has 0 aromatic heterocycles. The van der Waals surface area contributed by atoms with Crippen molar-refractivity contribution >= 4 is 0 Å². The van der Waals surface area contributed by atoms with Gasteiger partial charge >= 0.3 is 0 Å². The van der Waals surface area contributed by atoms with Gasteiger partial charge in [-0.3, -0.25) is 9.80 Å². The summed E-state index contributed by atoms with van der Waals surface area (Å²) in [5.41, 5.74) is 11.9. The van der Waals surface area contributed by atoms with Crippen LogP contribution < -0.4 is 11.5 Å². The summed E-state index contributed by atoms with van der Waals surface area (Å²) in [4.78, 5) is 5.24. The molecule has 0 radical (unpaired) electrons. The number of aliphatic hydroxyl groups is 2. The van der Waals surface area contributed by atoms with Gasteiger partial charge in [0.25, 0.3) is 0 Å². The van der Waals surface area contributed by atoms with Crippen LogP contribution in [0.1, 0.15) is 83.5 Å². The third-order valence-electron chi connectivity index (χ3n) is 10.9. The first-order chi connectivity index (χ1) is 21.9. The molecular weight excluding hydrogens is 572 g/mol. The number of rotatable bonds is 15. The quantitative estimate of drug-likeness (QED) is 0.197. The molecule has 0 aromatic carbocycles. The van der Waals surface area contributed by atoms with E-state index in [-0.39, 0.29) is 13.2 Å². The average Bonchev–Trinajstić information content (AvgIpc) is 3.84. The molecule has 6 N–H and O–H groups in total. The Morgan fingerprint density at radius 1 is 0.467 bits per heavy atom. The first-order valence-corrected chi connectivity index (χ1v) is 18.6. The van der Waals surface area contributed by atoms with Crippen LogP contribution >= 0.6 is 0 Å². The highest BCUT2D eigenvalue weighted by atomic mass is 16.6. The zero-order valence-corrected chi connectivity index (χ0v) is 28.0. The van der Waals surface area contributed by atoms with Gasteiger partial charge in [-0.25, -0.2) is 0 Å². The maximum absolute atomic E-state index is 7.62. The summed E-state index contributed by atoms with van der Waals surface area (Å²) in [6.45, 7) is 10.4. The van der Waals surface area contributed by atoms with E-state index in [2.05, 4.69) is 9.80 Å². The van der Waals surface area contributed by atoms with Crippen LogP contribution in [0.5, 0.6) is 0 Å². The first kappa shape index (κ1) is 35.9. The van der Waals surface area contributed by atoms with Gasteiger partial charge < -0.3 is 40.6 Å². The second kappa shape index (κ2) is 19.0. The van der Waals surface area contributed by atoms with Gasteiger partial charge in [-0.05, 0) is 101 Å². The summed E-state index contributed by atoms with van der Waals surface area (Å²) in [6.07, 6.45) is 19.5. The van der Waals surface area contributed by atoms with Crippen LogP contribution in [-0.4, -0.2) is 135 Å². The third-order valence-corrected chi connectivity index (χ3v) is 10.9. The Kier molecular flexibility index (Phi) is 15.1. The minimum atomic E-state index is -0.125. The van der Waals surface area contributed by atoms with Gasteiger partial charge in [0, 0.05) is 51.4 Å². The molecule has 262 valence electrons. The lowest BCUT2D eigenvalue weighted by atomic mass is 9.76. The molecule has 4 saturated heterocycles. The minimum Gasteiger partial charge on any atom is -0.394 e. The van der Waals surface area contributed by atoms with E-state index in [0.717, 1.165) is 76.3 Å². The lowest BCUT2D eigenvalue weighted by Crippen LogP contribution is -2.40. The van der Waals surface area contributed by atoms with E-state index in [4.69, 9.17) is 40.6 Å². The Morgan fingerprint density at radius 3 is 1.09 bits per heavy atom. The largest absolute Gasteiger partial charge is 0.394 e. The molecule has 4 aliphatic heterocycles. The smallest absolute Gasteiger partial charge is 0.0936 e. The summed E-state index contributed by atoms with van der Waals surface area (Å²) in [7, 11) is 0. The summed E-state index contributed by atoms with van der Waals surface area (Å²) in [5.74, 6) is 3.62. The van der Waals surface area contributed by atoms with Crippen molar-refractivity contribution in [2.24, 2.45) is 35.1 Å². The summed E-state index contributed by atoms with van der Waals surface area (Å²) >= 11 is 0. The van der Waals surface area contributed by atoms with Gasteiger partial charge in [0.1, 0.15) is 0 Å². The number of nitrogens with zero attached hydrogens (tertiary/aromatic N) is 2. The molecule has 4 heterocycles. The van der Waals surface area contributed by atoms with E-state index in [1.807, 2.05) is 0 Å². The van der Waals surface area contributed by atoms with E-state index in [1.165, 1.54) is 96.6 Å². The molecule has 7 rings (SSSR count). The number of aliphatic hydroxyl groups excluding tert-OH is 2. The van der Waals surface area contributed by atoms with Gasteiger partial charge in [0.15, 0.2) is 0 Å². The van der Waals surface area contributed by atoms with Crippen molar-refractivity contribution in [3.05, 3.63) is 0 Å². The first-order valence-electron chi connectivity index (χ1n) is 18.6. The van der Waals surface area contributed by atoms with Crippen LogP contribution in [-0.2, 0) is 18.9 Å². The van der Waals surface area contributed by atoms with Gasteiger partial charge in [-0.1, -0.05) is 6.42 Å². The SMILES string of the molecule is C1CC(CN(CC2CO2)CC2CO2)CC(CN(CC2CO2)CC2CO2)C1.NC1CCC(CC2CCC(N)CC2)CC1.OCCO. The van der Waals surface area contributed by atoms with Crippen molar-refractivity contribution in [2.75, 3.05) is 78.9 Å². The molecule has 10 heteroatoms. The number of epoxide rings is 4. The van der Waals surface area contributed by atoms with Gasteiger partial charge in [-0.2, -0.15) is 0 Å². The normalized spacial score (nSPS) is 38.5. The molecule has 0 amide bonds. The molecule has 7 aliphatic rings. The molecule has 0 spiro atoms. The summed E-state index contributed by atoms with van der Waals surface area (Å²) < 4.78 is 21.9. The molecule has 0 aromatic rings. The van der Waals surface area contributed by atoms with Crippen molar-refractivity contribution in [3.8, 4) is 0 Å². The maximum Gasteiger partial charge on any atom is 0.0936 e. The Labute approximate surface area is 272 Å². The van der Waals surface area contributed by atoms with Gasteiger partial charge in [-0.15, -0.1) is 0 Å². The summed E-state index contributed by atoms with van der Waals surface area (Å²) in [5, 5.41) is 15.2. The number of hydrogen-bond acceptors (Lipinski definition) is 10. The third kappa shape index (κ3) is 15.1. The van der Waals surface area contributed by atoms with E-state index >= 15 is 0 Å². The topological polar surface area (TPSA) is 149 Å². The van der Waals surface area contributed by atoms with Gasteiger partial charge in [0.05, 0.1) is 64.1 Å². The predicted molar refractivity (Wildman–Crippen MR) is 176 cm³/mol. The predicted octanol–water partition coefficient (Wildman–Crippen LogP) is 2.37. The standard InChI is InChI=1S/C20H34N2O4.C13H26N2.C2H6O2/c1-2-15(5-21(7-17-11-23-17)8-18-12-24-18)4-16(3-1)6-22(9-19-13-25-19)10-20-14-26-20;14-12-5-1-10(2-6-12)9-11-3-7-13(15)8-4-11;3-1-2-4/h15-20H,1-14H2;10-13H,1-9,14-15H2;3-4H,1-2H2. The molecule has 3 saturated carbocycles. The van der Waals surface area contributed by atoms with Crippen LogP contribution in [0.25, 0.3) is 0 Å². The van der Waals surface area contributed by atoms with Crippen LogP contribution in [0.4, 0.5) is 0 Å². The second-order valence-electron chi connectivity index (χ2n) is 15.4. The fraction of sp³-hybridized carbons (Fsp3) is 1.00. The Hall–Kier alpha value is -0.400. The number of hydrogen-bond donors (Lipinski definition) is 4. The van der Waals surface area contributed by atoms with E-state index in [9.17, 15) is 0 Å². The number of ether oxygens (including phenoxy) is 4. The molecule has 6 unspecified atom stereocenters. The maximum atomic E-state index is 7.62. The lowest BCUT2D eigenvalue weighted by molar-refractivity contribution is 0.125. The molecule has 7 fully saturated rings. The van der Waals surface area contributed by atoms with Crippen molar-refractivity contribution in [1.29, 1.82) is 0 Å². The molecule has 3 aliphatic carbocycles. The van der Waals surface area contributed by atoms with Crippen LogP contribution in [0.2, 0.25) is 0 Å². The van der Waals surface area contributed by atoms with Crippen molar-refractivity contribution in [3.63, 3.8) is 0 Å². The average molecular weight is 639 g/mol. The Morgan fingerprint density at radius 2 is 0.800 bits per heavy atom. The van der Waals surface area contributed by atoms with Crippen LogP contribution in [0.3, 0.4) is 0 Å². The second-order valence-corrected chi connectivity index (χ2v) is 15.4. The van der Waals surface area contributed by atoms with Crippen LogP contribution in [0.15, 0.2) is 0 Å². The highest BCUT2D eigenvalue weighted by molar-refractivity contribution is 4.86. The fourth-order valence-electron chi connectivity index (χ4n) is 8.08. The van der Waals surface area contributed by atoms with Gasteiger partial charge in [0.2, 0.25) is 0 Å². The highest BCUT2D eigenvalue weighted by Gasteiger charge is 2.35. The van der Waals surface area contributed by atoms with Crippen LogP contribution in [0, 0.1) is 23.7 Å². The minimum absolute atomic E-state index is 0.125. The van der Waals surface area contributed by atoms with Crippen molar-refractivity contribution in [2.45, 2.75) is 120 Å². The monoisotopic (exact) mass is 638 g/mol. The van der Waals surface area contributed by atoms with E-state index in [1.54, 1.807) is 0 Å². The molecular formula is C35H66N4O6. The molecule has 0 bridgehead atoms. The Balaban J connectivity index is 0.000000178. The summed E-state index contributed by atoms with van der Waals surface area (Å²) in [6, 6.07) is 1.00. The molecule has 45 heavy (non-hydrogen) atoms. The molecule has 10 nitrogen and oxygen atoms in total. The van der Waals surface area contributed by atoms with E-state index < -0.39 is 0 Å². The zero-order valence-electron chi connectivity index (χ0n) is 28.0. The molecule has 6 atom stereocenters. The zero-order chi connectivity index (χ0) is 31.4. The highest BCUT2D eigenvalue weighted by Crippen LogP contribution is 2.35. The van der Waals surface area contributed by atoms with Crippen molar-refractivity contribution < 1.29 is 29.2 Å². The fourth-order valence-corrected chi connectivity index (χ4v) is 8.08. The Bertz CT molecular complexity index is 705. The van der Waals surface area contributed by atoms with Crippen molar-refractivity contribution in [1.82, 2.24) is 9.80 Å². The lowest BCUT2D eigenvalue weighted by Gasteiger charge is -2.35.